The molecule has 0 aliphatic carbocycles. The van der Waals surface area contributed by atoms with Gasteiger partial charge in [-0.25, -0.2) is 4.98 Å². The molecule has 1 atom stereocenters. The number of unbranched alkanes of at least 4 members (excludes halogenated alkanes) is 1. The number of carbonyl (C=O) groups excluding carboxylic acids is 1. The van der Waals surface area contributed by atoms with Crippen molar-refractivity contribution in [1.29, 1.82) is 0 Å². The maximum absolute atomic E-state index is 12.4. The molecule has 0 spiro atoms. The number of hydrogen-bond acceptors (Lipinski definition) is 7. The SMILES string of the molecule is Cc1csc(Sc2ccc(C(=O)NCCCCN3CCCCC3C)cc2[N+](=O)[O-])n1. The molecule has 0 saturated carbocycles. The van der Waals surface area contributed by atoms with Gasteiger partial charge in [0.05, 0.1) is 9.82 Å². The van der Waals surface area contributed by atoms with Crippen molar-refractivity contribution in [3.63, 3.8) is 0 Å². The minimum absolute atomic E-state index is 0.0698. The number of piperidine rings is 1. The molecular formula is C21H28N4O3S2. The molecule has 162 valence electrons. The largest absolute Gasteiger partial charge is 0.352 e. The van der Waals surface area contributed by atoms with Gasteiger partial charge in [-0.3, -0.25) is 14.9 Å². The van der Waals surface area contributed by atoms with Crippen LogP contribution in [0.5, 0.6) is 0 Å². The Kier molecular flexibility index (Phi) is 8.24. The van der Waals surface area contributed by atoms with Crippen LogP contribution in [0.3, 0.4) is 0 Å². The number of likely N-dealkylation sites (tertiary alicyclic amines) is 1. The fourth-order valence-electron chi connectivity index (χ4n) is 3.59. The van der Waals surface area contributed by atoms with E-state index < -0.39 is 4.92 Å². The lowest BCUT2D eigenvalue weighted by atomic mass is 10.0. The van der Waals surface area contributed by atoms with Crippen molar-refractivity contribution in [3.05, 3.63) is 45.0 Å². The monoisotopic (exact) mass is 448 g/mol. The molecule has 0 bridgehead atoms. The zero-order valence-electron chi connectivity index (χ0n) is 17.4. The van der Waals surface area contributed by atoms with Crippen LogP contribution < -0.4 is 5.32 Å². The zero-order valence-corrected chi connectivity index (χ0v) is 19.1. The van der Waals surface area contributed by atoms with Crippen molar-refractivity contribution in [2.24, 2.45) is 0 Å². The first-order valence-corrected chi connectivity index (χ1v) is 12.0. The Morgan fingerprint density at radius 2 is 2.23 bits per heavy atom. The molecule has 30 heavy (non-hydrogen) atoms. The summed E-state index contributed by atoms with van der Waals surface area (Å²) in [5.41, 5.74) is 1.13. The summed E-state index contributed by atoms with van der Waals surface area (Å²) in [5, 5.41) is 16.3. The van der Waals surface area contributed by atoms with E-state index in [2.05, 4.69) is 22.1 Å². The second-order valence-electron chi connectivity index (χ2n) is 7.64. The molecule has 2 heterocycles. The first-order chi connectivity index (χ1) is 14.4. The number of nitro benzene ring substituents is 1. The zero-order chi connectivity index (χ0) is 21.5. The van der Waals surface area contributed by atoms with Gasteiger partial charge in [0.2, 0.25) is 0 Å². The number of nitrogens with one attached hydrogen (secondary N) is 1. The van der Waals surface area contributed by atoms with Gasteiger partial charge in [-0.1, -0.05) is 18.2 Å². The number of carbonyl (C=O) groups is 1. The van der Waals surface area contributed by atoms with E-state index in [0.717, 1.165) is 29.4 Å². The maximum atomic E-state index is 12.4. The van der Waals surface area contributed by atoms with Crippen molar-refractivity contribution in [3.8, 4) is 0 Å². The molecule has 3 rings (SSSR count). The molecule has 1 aliphatic heterocycles. The quantitative estimate of drug-likeness (QED) is 0.334. The molecule has 9 heteroatoms. The predicted octanol–water partition coefficient (Wildman–Crippen LogP) is 4.90. The third-order valence-corrected chi connectivity index (χ3v) is 7.43. The molecule has 1 aromatic heterocycles. The summed E-state index contributed by atoms with van der Waals surface area (Å²) in [5.74, 6) is -0.272. The second kappa shape index (κ2) is 10.9. The molecule has 1 fully saturated rings. The van der Waals surface area contributed by atoms with Gasteiger partial charge in [-0.2, -0.15) is 0 Å². The summed E-state index contributed by atoms with van der Waals surface area (Å²) >= 11 is 2.70. The van der Waals surface area contributed by atoms with Gasteiger partial charge in [0, 0.05) is 35.3 Å². The molecule has 2 aromatic rings. The highest BCUT2D eigenvalue weighted by Crippen LogP contribution is 2.36. The van der Waals surface area contributed by atoms with E-state index >= 15 is 0 Å². The molecule has 1 amide bonds. The molecule has 1 aliphatic rings. The maximum Gasteiger partial charge on any atom is 0.284 e. The highest BCUT2D eigenvalue weighted by atomic mass is 32.2. The number of thiazole rings is 1. The minimum atomic E-state index is -0.445. The lowest BCUT2D eigenvalue weighted by Crippen LogP contribution is -2.38. The van der Waals surface area contributed by atoms with Crippen LogP contribution in [0.4, 0.5) is 5.69 Å². The summed E-state index contributed by atoms with van der Waals surface area (Å²) < 4.78 is 0.746. The smallest absolute Gasteiger partial charge is 0.284 e. The van der Waals surface area contributed by atoms with Crippen LogP contribution in [0, 0.1) is 17.0 Å². The van der Waals surface area contributed by atoms with E-state index in [1.807, 2.05) is 12.3 Å². The summed E-state index contributed by atoms with van der Waals surface area (Å²) in [6, 6.07) is 5.28. The van der Waals surface area contributed by atoms with E-state index in [-0.39, 0.29) is 11.6 Å². The average molecular weight is 449 g/mol. The van der Waals surface area contributed by atoms with Gasteiger partial charge < -0.3 is 10.2 Å². The van der Waals surface area contributed by atoms with Crippen molar-refractivity contribution in [1.82, 2.24) is 15.2 Å². The highest BCUT2D eigenvalue weighted by Gasteiger charge is 2.20. The lowest BCUT2D eigenvalue weighted by molar-refractivity contribution is -0.387. The number of hydrogen-bond donors (Lipinski definition) is 1. The predicted molar refractivity (Wildman–Crippen MR) is 121 cm³/mol. The van der Waals surface area contributed by atoms with E-state index in [9.17, 15) is 14.9 Å². The Hall–Kier alpha value is -1.97. The summed E-state index contributed by atoms with van der Waals surface area (Å²) in [6.07, 6.45) is 5.80. The van der Waals surface area contributed by atoms with Gasteiger partial charge in [0.1, 0.15) is 0 Å². The Morgan fingerprint density at radius 3 is 2.93 bits per heavy atom. The average Bonchev–Trinajstić information content (AvgIpc) is 3.13. The number of benzene rings is 1. The van der Waals surface area contributed by atoms with Crippen molar-refractivity contribution >= 4 is 34.7 Å². The molecule has 0 radical (unpaired) electrons. The molecule has 1 unspecified atom stereocenters. The molecule has 1 saturated heterocycles. The number of amides is 1. The number of aryl methyl sites for hydroxylation is 1. The van der Waals surface area contributed by atoms with Crippen molar-refractivity contribution < 1.29 is 9.72 Å². The summed E-state index contributed by atoms with van der Waals surface area (Å²) in [4.78, 5) is 30.9. The summed E-state index contributed by atoms with van der Waals surface area (Å²) in [7, 11) is 0. The van der Waals surface area contributed by atoms with Gasteiger partial charge in [0.15, 0.2) is 4.34 Å². The van der Waals surface area contributed by atoms with Crippen LogP contribution in [0.2, 0.25) is 0 Å². The van der Waals surface area contributed by atoms with Crippen LogP contribution in [0.25, 0.3) is 0 Å². The molecule has 1 aromatic carbocycles. The lowest BCUT2D eigenvalue weighted by Gasteiger charge is -2.33. The van der Waals surface area contributed by atoms with Crippen molar-refractivity contribution in [2.45, 2.75) is 61.2 Å². The van der Waals surface area contributed by atoms with Gasteiger partial charge in [0.25, 0.3) is 11.6 Å². The Labute approximate surface area is 185 Å². The number of rotatable bonds is 9. The van der Waals surface area contributed by atoms with Crippen LogP contribution >= 0.6 is 23.1 Å². The van der Waals surface area contributed by atoms with Crippen LogP contribution in [0.1, 0.15) is 55.1 Å². The number of nitrogens with zero attached hydrogens (tertiary/aromatic N) is 3. The van der Waals surface area contributed by atoms with E-state index in [0.29, 0.717) is 23.0 Å². The first kappa shape index (κ1) is 22.7. The number of nitro groups is 1. The highest BCUT2D eigenvalue weighted by molar-refractivity contribution is 8.01. The van der Waals surface area contributed by atoms with Crippen LogP contribution in [-0.4, -0.2) is 46.4 Å². The van der Waals surface area contributed by atoms with Gasteiger partial charge in [-0.15, -0.1) is 11.3 Å². The topological polar surface area (TPSA) is 88.4 Å². The molecule has 7 nitrogen and oxygen atoms in total. The van der Waals surface area contributed by atoms with Gasteiger partial charge in [-0.05, 0) is 64.8 Å². The van der Waals surface area contributed by atoms with E-state index in [1.165, 1.54) is 55.0 Å². The van der Waals surface area contributed by atoms with Crippen LogP contribution in [-0.2, 0) is 0 Å². The Morgan fingerprint density at radius 1 is 1.40 bits per heavy atom. The fraction of sp³-hybridized carbons (Fsp3) is 0.524. The van der Waals surface area contributed by atoms with E-state index in [4.69, 9.17) is 0 Å². The summed E-state index contributed by atoms with van der Waals surface area (Å²) in [6.45, 7) is 6.97. The Bertz CT molecular complexity index is 887. The van der Waals surface area contributed by atoms with Gasteiger partial charge >= 0.3 is 0 Å². The third kappa shape index (κ3) is 6.26. The normalized spacial score (nSPS) is 17.1. The standard InChI is InChI=1S/C21H28N4O3S2/c1-15-14-29-21(23-15)30-19-9-8-17(13-18(19)25(27)28)20(26)22-10-4-6-12-24-11-5-3-7-16(24)2/h8-9,13-14,16H,3-7,10-12H2,1-2H3,(H,22,26). The molecule has 1 N–H and O–H groups in total. The minimum Gasteiger partial charge on any atom is -0.352 e. The van der Waals surface area contributed by atoms with Crippen molar-refractivity contribution in [2.75, 3.05) is 19.6 Å². The first-order valence-electron chi connectivity index (χ1n) is 10.3. The molecular weight excluding hydrogens is 420 g/mol. The second-order valence-corrected chi connectivity index (χ2v) is 9.79. The van der Waals surface area contributed by atoms with E-state index in [1.54, 1.807) is 12.1 Å². The third-order valence-electron chi connectivity index (χ3n) is 5.31. The van der Waals surface area contributed by atoms with Crippen LogP contribution in [0.15, 0.2) is 32.8 Å². The number of aromatic nitrogens is 1. The fourth-order valence-corrected chi connectivity index (χ4v) is 5.47. The Balaban J connectivity index is 1.51.